The van der Waals surface area contributed by atoms with Gasteiger partial charge in [0, 0.05) is 32.7 Å². The van der Waals surface area contributed by atoms with E-state index in [0.717, 1.165) is 39.3 Å². The first-order valence-corrected chi connectivity index (χ1v) is 6.26. The smallest absolute Gasteiger partial charge is 0.131 e. The molecular formula is C12H25BN3. The van der Waals surface area contributed by atoms with Crippen molar-refractivity contribution in [2.24, 2.45) is 0 Å². The molecule has 1 radical (unpaired) electrons. The zero-order valence-electron chi connectivity index (χ0n) is 11.0. The molecule has 1 saturated heterocycles. The molecular weight excluding hydrogens is 197 g/mol. The van der Waals surface area contributed by atoms with Crippen LogP contribution in [-0.2, 0) is 0 Å². The van der Waals surface area contributed by atoms with Crippen molar-refractivity contribution >= 4 is 7.28 Å². The first-order valence-electron chi connectivity index (χ1n) is 6.26. The maximum Gasteiger partial charge on any atom is 0.131 e. The summed E-state index contributed by atoms with van der Waals surface area (Å²) in [5.41, 5.74) is 1.30. The van der Waals surface area contributed by atoms with Crippen molar-refractivity contribution in [2.75, 3.05) is 46.3 Å². The second-order valence-electron chi connectivity index (χ2n) is 4.64. The second kappa shape index (κ2) is 7.10. The summed E-state index contributed by atoms with van der Waals surface area (Å²) in [5, 5.41) is 3.40. The Bertz CT molecular complexity index is 220. The predicted octanol–water partition coefficient (Wildman–Crippen LogP) is 0.478. The minimum absolute atomic E-state index is 0.552. The van der Waals surface area contributed by atoms with Crippen molar-refractivity contribution in [2.45, 2.75) is 19.7 Å². The van der Waals surface area contributed by atoms with Gasteiger partial charge >= 0.3 is 0 Å². The molecule has 1 N–H and O–H groups in total. The van der Waals surface area contributed by atoms with Gasteiger partial charge in [-0.25, -0.2) is 0 Å². The monoisotopic (exact) mass is 222 g/mol. The Morgan fingerprint density at radius 3 is 3.00 bits per heavy atom. The molecule has 1 unspecified atom stereocenters. The summed E-state index contributed by atoms with van der Waals surface area (Å²) in [7, 11) is 4.49. The summed E-state index contributed by atoms with van der Waals surface area (Å²) in [6, 6.07) is 0. The number of nitrogens with zero attached hydrogens (tertiary/aromatic N) is 2. The average Bonchev–Trinajstić information content (AvgIpc) is 2.49. The summed E-state index contributed by atoms with van der Waals surface area (Å²) in [5.74, 6) is 0.552. The van der Waals surface area contributed by atoms with E-state index in [0.29, 0.717) is 5.94 Å². The van der Waals surface area contributed by atoms with Gasteiger partial charge in [-0.05, 0) is 25.1 Å². The van der Waals surface area contributed by atoms with Crippen LogP contribution in [0.1, 0.15) is 6.92 Å². The lowest BCUT2D eigenvalue weighted by molar-refractivity contribution is 0.225. The molecule has 4 heteroatoms. The normalized spacial score (nSPS) is 20.9. The molecule has 0 amide bonds. The third-order valence-corrected chi connectivity index (χ3v) is 3.32. The van der Waals surface area contributed by atoms with Crippen LogP contribution in [0.15, 0.2) is 12.2 Å². The zero-order valence-corrected chi connectivity index (χ0v) is 11.0. The molecule has 1 aliphatic heterocycles. The van der Waals surface area contributed by atoms with Crippen LogP contribution in [-0.4, -0.2) is 69.3 Å². The minimum Gasteiger partial charge on any atom is -0.312 e. The quantitative estimate of drug-likeness (QED) is 0.539. The van der Waals surface area contributed by atoms with Crippen LogP contribution in [0.25, 0.3) is 0 Å². The second-order valence-corrected chi connectivity index (χ2v) is 4.64. The van der Waals surface area contributed by atoms with Crippen molar-refractivity contribution in [3.63, 3.8) is 0 Å². The van der Waals surface area contributed by atoms with Gasteiger partial charge in [-0.15, -0.1) is 0 Å². The SMILES string of the molecule is C=C1CNCCN(CC([B]C)N(C)CC)C1. The number of rotatable bonds is 5. The summed E-state index contributed by atoms with van der Waals surface area (Å²) in [6.45, 7) is 14.9. The van der Waals surface area contributed by atoms with Gasteiger partial charge < -0.3 is 10.2 Å². The van der Waals surface area contributed by atoms with Crippen molar-refractivity contribution in [3.05, 3.63) is 12.2 Å². The number of hydrogen-bond donors (Lipinski definition) is 1. The van der Waals surface area contributed by atoms with E-state index in [9.17, 15) is 0 Å². The molecule has 1 atom stereocenters. The molecule has 3 nitrogen and oxygen atoms in total. The summed E-state index contributed by atoms with van der Waals surface area (Å²) in [4.78, 5) is 4.89. The van der Waals surface area contributed by atoms with Gasteiger partial charge in [0.25, 0.3) is 0 Å². The number of nitrogens with one attached hydrogen (secondary N) is 1. The lowest BCUT2D eigenvalue weighted by Crippen LogP contribution is -2.46. The molecule has 0 saturated carbocycles. The Morgan fingerprint density at radius 2 is 2.38 bits per heavy atom. The third-order valence-electron chi connectivity index (χ3n) is 3.32. The highest BCUT2D eigenvalue weighted by atomic mass is 15.2. The maximum absolute atomic E-state index is 4.09. The highest BCUT2D eigenvalue weighted by Crippen LogP contribution is 2.04. The Balaban J connectivity index is 2.46. The van der Waals surface area contributed by atoms with E-state index >= 15 is 0 Å². The van der Waals surface area contributed by atoms with Crippen LogP contribution in [0, 0.1) is 0 Å². The van der Waals surface area contributed by atoms with E-state index in [-0.39, 0.29) is 0 Å². The Morgan fingerprint density at radius 1 is 1.62 bits per heavy atom. The van der Waals surface area contributed by atoms with Crippen molar-refractivity contribution in [1.29, 1.82) is 0 Å². The Kier molecular flexibility index (Phi) is 6.10. The van der Waals surface area contributed by atoms with Crippen LogP contribution in [0.2, 0.25) is 6.82 Å². The number of likely N-dealkylation sites (N-methyl/N-ethyl adjacent to an activating group) is 1. The highest BCUT2D eigenvalue weighted by molar-refractivity contribution is 6.35. The molecule has 1 aliphatic rings. The van der Waals surface area contributed by atoms with Gasteiger partial charge in [0.2, 0.25) is 0 Å². The van der Waals surface area contributed by atoms with Crippen LogP contribution in [0.5, 0.6) is 0 Å². The standard InChI is InChI=1S/C12H25BN3/c1-5-15(4)12(13-3)10-16-7-6-14-8-11(2)9-16/h12,14H,2,5-10H2,1,3-4H3. The molecule has 91 valence electrons. The van der Waals surface area contributed by atoms with Crippen LogP contribution >= 0.6 is 0 Å². The lowest BCUT2D eigenvalue weighted by Gasteiger charge is -2.31. The summed E-state index contributed by atoms with van der Waals surface area (Å²) >= 11 is 0. The van der Waals surface area contributed by atoms with Gasteiger partial charge in [0.1, 0.15) is 7.28 Å². The first kappa shape index (κ1) is 13.7. The molecule has 1 fully saturated rings. The van der Waals surface area contributed by atoms with E-state index in [1.807, 2.05) is 0 Å². The van der Waals surface area contributed by atoms with E-state index in [2.05, 4.69) is 49.8 Å². The minimum atomic E-state index is 0.552. The molecule has 1 rings (SSSR count). The predicted molar refractivity (Wildman–Crippen MR) is 72.2 cm³/mol. The fourth-order valence-corrected chi connectivity index (χ4v) is 2.11. The maximum atomic E-state index is 4.09. The van der Waals surface area contributed by atoms with Crippen LogP contribution < -0.4 is 5.32 Å². The van der Waals surface area contributed by atoms with Gasteiger partial charge in [-0.2, -0.15) is 0 Å². The molecule has 16 heavy (non-hydrogen) atoms. The van der Waals surface area contributed by atoms with E-state index in [1.165, 1.54) is 5.57 Å². The first-order chi connectivity index (χ1) is 7.67. The van der Waals surface area contributed by atoms with Crippen molar-refractivity contribution in [1.82, 2.24) is 15.1 Å². The lowest BCUT2D eigenvalue weighted by atomic mass is 9.71. The fraction of sp³-hybridized carbons (Fsp3) is 0.833. The molecule has 0 aliphatic carbocycles. The molecule has 0 aromatic carbocycles. The zero-order chi connectivity index (χ0) is 12.0. The number of hydrogen-bond acceptors (Lipinski definition) is 3. The molecule has 0 bridgehead atoms. The third kappa shape index (κ3) is 4.28. The summed E-state index contributed by atoms with van der Waals surface area (Å²) < 4.78 is 0. The van der Waals surface area contributed by atoms with Crippen LogP contribution in [0.4, 0.5) is 0 Å². The highest BCUT2D eigenvalue weighted by Gasteiger charge is 2.18. The summed E-state index contributed by atoms with van der Waals surface area (Å²) in [6.07, 6.45) is 0. The Hall–Kier alpha value is -0.315. The van der Waals surface area contributed by atoms with E-state index in [1.54, 1.807) is 0 Å². The largest absolute Gasteiger partial charge is 0.312 e. The van der Waals surface area contributed by atoms with Crippen LogP contribution in [0.3, 0.4) is 0 Å². The average molecular weight is 222 g/mol. The van der Waals surface area contributed by atoms with Gasteiger partial charge in [0.15, 0.2) is 0 Å². The van der Waals surface area contributed by atoms with Crippen molar-refractivity contribution < 1.29 is 0 Å². The van der Waals surface area contributed by atoms with Gasteiger partial charge in [-0.1, -0.05) is 20.3 Å². The van der Waals surface area contributed by atoms with E-state index < -0.39 is 0 Å². The van der Waals surface area contributed by atoms with Gasteiger partial charge in [0.05, 0.1) is 0 Å². The molecule has 0 spiro atoms. The molecule has 0 aromatic heterocycles. The fourth-order valence-electron chi connectivity index (χ4n) is 2.11. The van der Waals surface area contributed by atoms with Crippen molar-refractivity contribution in [3.8, 4) is 0 Å². The molecule has 0 aromatic rings. The molecule has 1 heterocycles. The Labute approximate surface area is 101 Å². The topological polar surface area (TPSA) is 18.5 Å². The van der Waals surface area contributed by atoms with Gasteiger partial charge in [-0.3, -0.25) is 4.90 Å². The van der Waals surface area contributed by atoms with E-state index in [4.69, 9.17) is 0 Å².